The minimum Gasteiger partial charge on any atom is -0.342 e. The number of aryl methyl sites for hydroxylation is 1. The largest absolute Gasteiger partial charge is 0.342 e. The highest BCUT2D eigenvalue weighted by atomic mass is 14.9. The van der Waals surface area contributed by atoms with Gasteiger partial charge < -0.3 is 4.98 Å². The summed E-state index contributed by atoms with van der Waals surface area (Å²) in [7, 11) is 0. The zero-order valence-corrected chi connectivity index (χ0v) is 9.53. The van der Waals surface area contributed by atoms with Gasteiger partial charge in [0.15, 0.2) is 0 Å². The number of imidazole rings is 1. The fourth-order valence-electron chi connectivity index (χ4n) is 1.98. The number of hydrogen-bond acceptors (Lipinski definition) is 1. The Balaban J connectivity index is 1.88. The number of nitrogens with one attached hydrogen (secondary N) is 1. The number of aromatic nitrogens is 2. The summed E-state index contributed by atoms with van der Waals surface area (Å²) in [5, 5.41) is 0. The lowest BCUT2D eigenvalue weighted by Gasteiger charge is -1.99. The van der Waals surface area contributed by atoms with Crippen LogP contribution in [0.3, 0.4) is 0 Å². The van der Waals surface area contributed by atoms with Gasteiger partial charge in [-0.25, -0.2) is 4.98 Å². The molecule has 0 atom stereocenters. The van der Waals surface area contributed by atoms with Crippen molar-refractivity contribution >= 4 is 0 Å². The fraction of sp³-hybridized carbons (Fsp3) is 0.357. The van der Waals surface area contributed by atoms with Gasteiger partial charge in [-0.15, -0.1) is 0 Å². The monoisotopic (exact) mass is 212 g/mol. The molecule has 0 unspecified atom stereocenters. The fourth-order valence-corrected chi connectivity index (χ4v) is 1.98. The lowest BCUT2D eigenvalue weighted by atomic mass is 10.1. The third kappa shape index (κ3) is 1.75. The topological polar surface area (TPSA) is 28.7 Å². The van der Waals surface area contributed by atoms with Crippen LogP contribution in [0.25, 0.3) is 11.4 Å². The summed E-state index contributed by atoms with van der Waals surface area (Å²) in [5.41, 5.74) is 3.86. The predicted molar refractivity (Wildman–Crippen MR) is 65.4 cm³/mol. The smallest absolute Gasteiger partial charge is 0.137 e. The minimum absolute atomic E-state index is 0.746. The summed E-state index contributed by atoms with van der Waals surface area (Å²) >= 11 is 0. The van der Waals surface area contributed by atoms with Gasteiger partial charge in [-0.3, -0.25) is 0 Å². The Morgan fingerprint density at radius 1 is 1.25 bits per heavy atom. The van der Waals surface area contributed by atoms with E-state index in [0.717, 1.165) is 18.2 Å². The van der Waals surface area contributed by atoms with Crippen LogP contribution in [0.1, 0.15) is 36.9 Å². The molecule has 0 amide bonds. The van der Waals surface area contributed by atoms with E-state index >= 15 is 0 Å². The number of aromatic amines is 1. The average Bonchev–Trinajstić information content (AvgIpc) is 3.08. The van der Waals surface area contributed by atoms with Crippen molar-refractivity contribution in [2.24, 2.45) is 0 Å². The summed E-state index contributed by atoms with van der Waals surface area (Å²) in [6, 6.07) is 8.64. The molecule has 2 aromatic rings. The molecule has 1 aromatic heterocycles. The summed E-state index contributed by atoms with van der Waals surface area (Å²) in [4.78, 5) is 7.87. The molecule has 0 radical (unpaired) electrons. The van der Waals surface area contributed by atoms with Gasteiger partial charge in [0.25, 0.3) is 0 Å². The van der Waals surface area contributed by atoms with Gasteiger partial charge in [0.2, 0.25) is 0 Å². The number of nitrogens with zero attached hydrogens (tertiary/aromatic N) is 1. The molecule has 1 aliphatic rings. The number of hydrogen-bond donors (Lipinski definition) is 1. The standard InChI is InChI=1S/C14H16N2/c1-2-10-3-5-12(6-4-10)14-15-9-13(16-14)11-7-8-11/h3-6,9,11H,2,7-8H2,1H3,(H,15,16). The highest BCUT2D eigenvalue weighted by molar-refractivity contribution is 5.55. The van der Waals surface area contributed by atoms with Crippen LogP contribution in [-0.2, 0) is 6.42 Å². The molecule has 1 N–H and O–H groups in total. The molecule has 16 heavy (non-hydrogen) atoms. The van der Waals surface area contributed by atoms with Crippen molar-refractivity contribution in [2.75, 3.05) is 0 Å². The molecule has 0 spiro atoms. The number of rotatable bonds is 3. The Hall–Kier alpha value is -1.57. The van der Waals surface area contributed by atoms with Crippen molar-refractivity contribution in [3.8, 4) is 11.4 Å². The maximum Gasteiger partial charge on any atom is 0.137 e. The molecule has 0 saturated heterocycles. The Morgan fingerprint density at radius 3 is 2.62 bits per heavy atom. The second-order valence-electron chi connectivity index (χ2n) is 4.51. The highest BCUT2D eigenvalue weighted by Gasteiger charge is 2.25. The van der Waals surface area contributed by atoms with E-state index < -0.39 is 0 Å². The molecule has 82 valence electrons. The Bertz CT molecular complexity index is 478. The van der Waals surface area contributed by atoms with Crippen LogP contribution in [0.15, 0.2) is 30.5 Å². The van der Waals surface area contributed by atoms with Gasteiger partial charge in [-0.2, -0.15) is 0 Å². The van der Waals surface area contributed by atoms with Crippen molar-refractivity contribution < 1.29 is 0 Å². The molecule has 0 aliphatic heterocycles. The zero-order valence-electron chi connectivity index (χ0n) is 9.53. The maximum absolute atomic E-state index is 4.45. The van der Waals surface area contributed by atoms with Gasteiger partial charge in [0, 0.05) is 23.4 Å². The molecule has 1 fully saturated rings. The summed E-state index contributed by atoms with van der Waals surface area (Å²) in [6.07, 6.45) is 5.71. The molecule has 1 aliphatic carbocycles. The Kier molecular flexibility index (Phi) is 2.28. The molecule has 1 aromatic carbocycles. The average molecular weight is 212 g/mol. The predicted octanol–water partition coefficient (Wildman–Crippen LogP) is 3.52. The third-order valence-corrected chi connectivity index (χ3v) is 3.25. The molecular weight excluding hydrogens is 196 g/mol. The van der Waals surface area contributed by atoms with Crippen LogP contribution < -0.4 is 0 Å². The van der Waals surface area contributed by atoms with Crippen LogP contribution in [0, 0.1) is 0 Å². The van der Waals surface area contributed by atoms with E-state index in [9.17, 15) is 0 Å². The zero-order chi connectivity index (χ0) is 11.0. The van der Waals surface area contributed by atoms with E-state index in [1.54, 1.807) is 0 Å². The van der Waals surface area contributed by atoms with Gasteiger partial charge in [-0.1, -0.05) is 31.2 Å². The van der Waals surface area contributed by atoms with Gasteiger partial charge in [0.1, 0.15) is 5.82 Å². The maximum atomic E-state index is 4.45. The van der Waals surface area contributed by atoms with E-state index in [0.29, 0.717) is 0 Å². The summed E-state index contributed by atoms with van der Waals surface area (Å²) in [6.45, 7) is 2.17. The van der Waals surface area contributed by atoms with Crippen molar-refractivity contribution in [1.82, 2.24) is 9.97 Å². The Morgan fingerprint density at radius 2 is 2.00 bits per heavy atom. The highest BCUT2D eigenvalue weighted by Crippen LogP contribution is 2.39. The van der Waals surface area contributed by atoms with E-state index in [-0.39, 0.29) is 0 Å². The van der Waals surface area contributed by atoms with E-state index in [1.165, 1.54) is 29.7 Å². The van der Waals surface area contributed by atoms with Crippen molar-refractivity contribution in [1.29, 1.82) is 0 Å². The lowest BCUT2D eigenvalue weighted by molar-refractivity contribution is 1.05. The molecular formula is C14H16N2. The van der Waals surface area contributed by atoms with Crippen LogP contribution in [0.5, 0.6) is 0 Å². The van der Waals surface area contributed by atoms with Gasteiger partial charge >= 0.3 is 0 Å². The van der Waals surface area contributed by atoms with E-state index in [2.05, 4.69) is 41.2 Å². The third-order valence-electron chi connectivity index (χ3n) is 3.25. The molecule has 1 heterocycles. The van der Waals surface area contributed by atoms with Crippen LogP contribution in [0.2, 0.25) is 0 Å². The Labute approximate surface area is 95.7 Å². The number of H-pyrrole nitrogens is 1. The van der Waals surface area contributed by atoms with Crippen molar-refractivity contribution in [3.05, 3.63) is 41.7 Å². The molecule has 0 bridgehead atoms. The van der Waals surface area contributed by atoms with Crippen LogP contribution in [-0.4, -0.2) is 9.97 Å². The molecule has 1 saturated carbocycles. The van der Waals surface area contributed by atoms with E-state index in [1.807, 2.05) is 6.20 Å². The number of benzene rings is 1. The van der Waals surface area contributed by atoms with Crippen molar-refractivity contribution in [2.45, 2.75) is 32.1 Å². The SMILES string of the molecule is CCc1ccc(-c2ncc(C3CC3)[nH]2)cc1. The lowest BCUT2D eigenvalue weighted by Crippen LogP contribution is -1.84. The summed E-state index contributed by atoms with van der Waals surface area (Å²) in [5.74, 6) is 1.75. The first-order valence-corrected chi connectivity index (χ1v) is 6.01. The first-order chi connectivity index (χ1) is 7.86. The second kappa shape index (κ2) is 3.78. The van der Waals surface area contributed by atoms with E-state index in [4.69, 9.17) is 0 Å². The summed E-state index contributed by atoms with van der Waals surface area (Å²) < 4.78 is 0. The van der Waals surface area contributed by atoms with Gasteiger partial charge in [0.05, 0.1) is 0 Å². The molecule has 2 nitrogen and oxygen atoms in total. The molecule has 2 heteroatoms. The van der Waals surface area contributed by atoms with Crippen molar-refractivity contribution in [3.63, 3.8) is 0 Å². The van der Waals surface area contributed by atoms with Crippen LogP contribution in [0.4, 0.5) is 0 Å². The first-order valence-electron chi connectivity index (χ1n) is 6.01. The quantitative estimate of drug-likeness (QED) is 0.828. The molecule has 3 rings (SSSR count). The first kappa shape index (κ1) is 9.64. The normalized spacial score (nSPS) is 15.3. The minimum atomic E-state index is 0.746. The van der Waals surface area contributed by atoms with Gasteiger partial charge in [-0.05, 0) is 24.8 Å². The second-order valence-corrected chi connectivity index (χ2v) is 4.51. The van der Waals surface area contributed by atoms with Crippen LogP contribution >= 0.6 is 0 Å².